The first-order chi connectivity index (χ1) is 37.8. The summed E-state index contributed by atoms with van der Waals surface area (Å²) in [6.07, 6.45) is 15.4. The summed E-state index contributed by atoms with van der Waals surface area (Å²) in [5.41, 5.74) is 6.73. The van der Waals surface area contributed by atoms with Crippen molar-refractivity contribution in [3.8, 4) is 11.5 Å². The Morgan fingerprint density at radius 3 is 1.36 bits per heavy atom. The molecule has 2 aliphatic heterocycles. The highest BCUT2D eigenvalue weighted by molar-refractivity contribution is 7.92. The number of sulfone groups is 2. The number of nitrogens with zero attached hydrogens (tertiary/aromatic N) is 9. The molecular weight excluding hydrogens is 1130 g/mol. The summed E-state index contributed by atoms with van der Waals surface area (Å²) in [6, 6.07) is 8.30. The fraction of sp³-hybridized carbons (Fsp3) is 0.509. The van der Waals surface area contributed by atoms with E-state index in [-0.39, 0.29) is 61.5 Å². The van der Waals surface area contributed by atoms with Gasteiger partial charge >= 0.3 is 0 Å². The molecule has 6 heterocycles. The van der Waals surface area contributed by atoms with E-state index in [1.807, 2.05) is 19.1 Å². The molecular formula is C53H70Cl2N14O8S3. The Labute approximate surface area is 478 Å². The fourth-order valence-corrected chi connectivity index (χ4v) is 12.9. The normalized spacial score (nSPS) is 16.8. The summed E-state index contributed by atoms with van der Waals surface area (Å²) in [7, 11) is -7.19. The van der Waals surface area contributed by atoms with Crippen molar-refractivity contribution >= 4 is 99.2 Å². The van der Waals surface area contributed by atoms with Crippen LogP contribution < -0.4 is 36.1 Å². The summed E-state index contributed by atoms with van der Waals surface area (Å²) in [5, 5.41) is 23.4. The lowest BCUT2D eigenvalue weighted by molar-refractivity contribution is 0.301. The van der Waals surface area contributed by atoms with Gasteiger partial charge in [0.2, 0.25) is 51.6 Å². The van der Waals surface area contributed by atoms with Gasteiger partial charge in [-0.15, -0.1) is 0 Å². The molecule has 27 heteroatoms. The molecule has 0 amide bonds. The van der Waals surface area contributed by atoms with Crippen LogP contribution in [-0.4, -0.2) is 124 Å². The van der Waals surface area contributed by atoms with Crippen molar-refractivity contribution in [3.63, 3.8) is 0 Å². The summed E-state index contributed by atoms with van der Waals surface area (Å²) in [6.45, 7) is 13.6. The number of rotatable bonds is 19. The second-order valence-electron chi connectivity index (χ2n) is 21.5. The first kappa shape index (κ1) is 58.8. The van der Waals surface area contributed by atoms with Gasteiger partial charge < -0.3 is 36.1 Å². The Bertz CT molecular complexity index is 3600. The number of piperidine rings is 2. The van der Waals surface area contributed by atoms with E-state index in [0.29, 0.717) is 42.1 Å². The van der Waals surface area contributed by atoms with Crippen LogP contribution in [0.5, 0.6) is 11.5 Å². The van der Waals surface area contributed by atoms with E-state index >= 15 is 0 Å². The number of benzene rings is 2. The maximum absolute atomic E-state index is 12.9. The molecule has 4 aromatic heterocycles. The molecule has 2 saturated heterocycles. The zero-order chi connectivity index (χ0) is 57.4. The van der Waals surface area contributed by atoms with Crippen LogP contribution in [0.4, 0.5) is 46.3 Å². The van der Waals surface area contributed by atoms with E-state index in [9.17, 15) is 25.3 Å². The van der Waals surface area contributed by atoms with Crippen LogP contribution >= 0.6 is 23.2 Å². The van der Waals surface area contributed by atoms with Gasteiger partial charge in [-0.25, -0.2) is 39.5 Å². The molecule has 4 aliphatic rings. The van der Waals surface area contributed by atoms with Gasteiger partial charge in [0.25, 0.3) is 0 Å². The zero-order valence-corrected chi connectivity index (χ0v) is 50.3. The Hall–Kier alpha value is -5.83. The van der Waals surface area contributed by atoms with Crippen LogP contribution in [0.25, 0.3) is 0 Å². The quantitative estimate of drug-likeness (QED) is 0.0505. The molecule has 2 aliphatic carbocycles. The summed E-state index contributed by atoms with van der Waals surface area (Å²) in [5.74, 6) is 3.23. The van der Waals surface area contributed by atoms with Crippen molar-refractivity contribution in [2.75, 3.05) is 53.7 Å². The SMILES string of the molecule is Cc1cc(Nc2ncc(Cl)c(Nc3cn(C)nc3S(=O)(=O)C(C)C)n2)c(OC2CC2)cc1C1CCN(S(C)(=O)=O)CC1.Cc1cc(Nc2ncc(Cl)c(Nc3cn(C)nc3S(=O)(=O)C(C)C)n2)c(OC2CC2)cc1C1CCNCC1. The van der Waals surface area contributed by atoms with Crippen LogP contribution in [0.1, 0.15) is 113 Å². The van der Waals surface area contributed by atoms with Crippen molar-refractivity contribution in [1.29, 1.82) is 0 Å². The summed E-state index contributed by atoms with van der Waals surface area (Å²) < 4.78 is 92.4. The van der Waals surface area contributed by atoms with Crippen molar-refractivity contribution in [2.24, 2.45) is 14.1 Å². The number of sulfonamides is 1. The molecule has 0 atom stereocenters. The lowest BCUT2D eigenvalue weighted by Crippen LogP contribution is -2.37. The van der Waals surface area contributed by atoms with Gasteiger partial charge in [0.1, 0.15) is 21.5 Å². The van der Waals surface area contributed by atoms with Crippen LogP contribution in [-0.2, 0) is 43.8 Å². The monoisotopic (exact) mass is 1200 g/mol. The minimum Gasteiger partial charge on any atom is -0.488 e. The van der Waals surface area contributed by atoms with E-state index in [1.54, 1.807) is 54.2 Å². The highest BCUT2D eigenvalue weighted by Crippen LogP contribution is 2.42. The van der Waals surface area contributed by atoms with E-state index in [2.05, 4.69) is 75.8 Å². The van der Waals surface area contributed by atoms with Crippen LogP contribution in [0.2, 0.25) is 10.0 Å². The highest BCUT2D eigenvalue weighted by Gasteiger charge is 2.32. The van der Waals surface area contributed by atoms with Crippen LogP contribution in [0, 0.1) is 13.8 Å². The minimum absolute atomic E-state index is 0.0524. The highest BCUT2D eigenvalue weighted by atomic mass is 35.5. The molecule has 0 unspecified atom stereocenters. The first-order valence-corrected chi connectivity index (χ1v) is 32.5. The molecule has 6 aromatic rings. The first-order valence-electron chi connectivity index (χ1n) is 26.8. The van der Waals surface area contributed by atoms with Crippen LogP contribution in [0.15, 0.2) is 59.1 Å². The predicted molar refractivity (Wildman–Crippen MR) is 311 cm³/mol. The molecule has 0 spiro atoms. The smallest absolute Gasteiger partial charge is 0.229 e. The van der Waals surface area contributed by atoms with Crippen LogP contribution in [0.3, 0.4) is 0 Å². The number of nitrogens with one attached hydrogen (secondary N) is 5. The lowest BCUT2D eigenvalue weighted by atomic mass is 9.87. The van der Waals surface area contributed by atoms with E-state index in [4.69, 9.17) is 32.7 Å². The number of ether oxygens (including phenoxy) is 2. The molecule has 22 nitrogen and oxygen atoms in total. The van der Waals surface area contributed by atoms with Gasteiger partial charge in [-0.1, -0.05) is 23.2 Å². The third kappa shape index (κ3) is 13.9. The summed E-state index contributed by atoms with van der Waals surface area (Å²) in [4.78, 5) is 17.8. The van der Waals surface area contributed by atoms with Crippen molar-refractivity contribution in [2.45, 2.75) is 138 Å². The van der Waals surface area contributed by atoms with Gasteiger partial charge in [0.15, 0.2) is 11.6 Å². The second kappa shape index (κ2) is 23.9. The van der Waals surface area contributed by atoms with Gasteiger partial charge in [-0.05, 0) is 164 Å². The minimum atomic E-state index is -3.66. The maximum atomic E-state index is 12.9. The molecule has 4 fully saturated rings. The number of anilines is 8. The van der Waals surface area contributed by atoms with Gasteiger partial charge in [0, 0.05) is 39.6 Å². The Morgan fingerprint density at radius 1 is 0.588 bits per heavy atom. The molecule has 432 valence electrons. The van der Waals surface area contributed by atoms with Gasteiger partial charge in [0.05, 0.1) is 64.1 Å². The van der Waals surface area contributed by atoms with Crippen molar-refractivity contribution < 1.29 is 34.7 Å². The van der Waals surface area contributed by atoms with E-state index < -0.39 is 40.2 Å². The van der Waals surface area contributed by atoms with Crippen molar-refractivity contribution in [1.82, 2.24) is 49.1 Å². The topological polar surface area (TPSA) is 271 Å². The molecule has 0 radical (unpaired) electrons. The van der Waals surface area contributed by atoms with Gasteiger partial charge in [-0.2, -0.15) is 20.2 Å². The average molecular weight is 1200 g/mol. The lowest BCUT2D eigenvalue weighted by Gasteiger charge is -2.31. The molecule has 5 N–H and O–H groups in total. The Kier molecular flexibility index (Phi) is 17.6. The largest absolute Gasteiger partial charge is 0.488 e. The van der Waals surface area contributed by atoms with Crippen molar-refractivity contribution in [3.05, 3.63) is 81.4 Å². The molecule has 10 rings (SSSR count). The maximum Gasteiger partial charge on any atom is 0.229 e. The Balaban J connectivity index is 0.000000195. The third-order valence-corrected chi connectivity index (χ3v) is 20.4. The molecule has 2 aromatic carbocycles. The number of aryl methyl sites for hydroxylation is 4. The number of aromatic nitrogens is 8. The third-order valence-electron chi connectivity index (χ3n) is 14.4. The zero-order valence-electron chi connectivity index (χ0n) is 46.3. The molecule has 0 bridgehead atoms. The van der Waals surface area contributed by atoms with E-state index in [0.717, 1.165) is 87.0 Å². The number of hydrogen-bond acceptors (Lipinski definition) is 19. The van der Waals surface area contributed by atoms with Gasteiger partial charge in [-0.3, -0.25) is 9.36 Å². The average Bonchev–Trinajstić information content (AvgIpc) is 4.35. The summed E-state index contributed by atoms with van der Waals surface area (Å²) >= 11 is 12.8. The molecule has 2 saturated carbocycles. The molecule has 80 heavy (non-hydrogen) atoms. The van der Waals surface area contributed by atoms with E-state index in [1.165, 1.54) is 43.4 Å². The Morgan fingerprint density at radius 2 is 0.988 bits per heavy atom. The number of halogens is 2. The second-order valence-corrected chi connectivity index (χ2v) is 29.2. The standard InChI is InChI=1S/C27H36ClN7O5S2.C26H34ClN7O3S/c1-16(2)42(38,39)26-23(15-34(4)33-26)30-25-21(28)14-29-27(32-25)31-22-12-17(3)20(13-24(22)40-19-6-7-19)18-8-10-35(11-9-18)41(5,36)37;1-15(2)38(35,36)25-22(14-34(4)33-25)30-24-20(27)13-29-26(32-24)31-21-11-16(3)19(17-7-9-28-10-8-17)12-23(21)37-18-5-6-18/h12-16,18-19H,6-11H2,1-5H3,(H2,29,30,31,32);11-15,17-18,28H,5-10H2,1-4H3,(H2,29,30,31,32). The fourth-order valence-electron chi connectivity index (χ4n) is 9.54. The predicted octanol–water partition coefficient (Wildman–Crippen LogP) is 9.37. The number of hydrogen-bond donors (Lipinski definition) is 5.